The van der Waals surface area contributed by atoms with Crippen LogP contribution in [0.15, 0.2) is 11.6 Å². The van der Waals surface area contributed by atoms with E-state index in [4.69, 9.17) is 5.11 Å². The number of unbranched alkanes of at least 4 members (excludes halogenated alkanes) is 1. The predicted molar refractivity (Wildman–Crippen MR) is 45.0 cm³/mol. The Morgan fingerprint density at radius 3 is 2.40 bits per heavy atom. The molecule has 0 atom stereocenters. The lowest BCUT2D eigenvalue weighted by Crippen LogP contribution is -1.89. The fraction of sp³-hybridized carbons (Fsp3) is 0.778. The largest absolute Gasteiger partial charge is 0.392 e. The van der Waals surface area contributed by atoms with Crippen molar-refractivity contribution in [3.8, 4) is 0 Å². The first-order valence-corrected chi connectivity index (χ1v) is 4.13. The van der Waals surface area contributed by atoms with Crippen LogP contribution < -0.4 is 0 Å². The van der Waals surface area contributed by atoms with Gasteiger partial charge in [-0.1, -0.05) is 32.8 Å². The topological polar surface area (TPSA) is 20.2 Å². The molecule has 0 aliphatic carbocycles. The third-order valence-corrected chi connectivity index (χ3v) is 1.50. The molecule has 0 aromatic carbocycles. The molecule has 0 aliphatic heterocycles. The van der Waals surface area contributed by atoms with Crippen LogP contribution in [0.25, 0.3) is 0 Å². The van der Waals surface area contributed by atoms with Crippen LogP contribution in [-0.2, 0) is 0 Å². The fourth-order valence-corrected chi connectivity index (χ4v) is 0.915. The molecule has 0 aliphatic rings. The Morgan fingerprint density at radius 2 is 2.00 bits per heavy atom. The summed E-state index contributed by atoms with van der Waals surface area (Å²) in [5.74, 6) is 0. The maximum Gasteiger partial charge on any atom is 0.0641 e. The summed E-state index contributed by atoms with van der Waals surface area (Å²) in [6, 6.07) is 0. The summed E-state index contributed by atoms with van der Waals surface area (Å²) in [6.07, 6.45) is 6.62. The van der Waals surface area contributed by atoms with E-state index in [0.29, 0.717) is 0 Å². The van der Waals surface area contributed by atoms with E-state index in [0.717, 1.165) is 19.3 Å². The van der Waals surface area contributed by atoms with Crippen molar-refractivity contribution in [3.05, 3.63) is 11.6 Å². The summed E-state index contributed by atoms with van der Waals surface area (Å²) >= 11 is 0. The molecule has 0 fully saturated rings. The Morgan fingerprint density at radius 1 is 1.30 bits per heavy atom. The average molecular weight is 142 g/mol. The van der Waals surface area contributed by atoms with Crippen molar-refractivity contribution in [3.63, 3.8) is 0 Å². The molecule has 0 spiro atoms. The first-order valence-electron chi connectivity index (χ1n) is 4.13. The smallest absolute Gasteiger partial charge is 0.0641 e. The van der Waals surface area contributed by atoms with E-state index in [2.05, 4.69) is 19.9 Å². The maximum absolute atomic E-state index is 8.82. The van der Waals surface area contributed by atoms with E-state index in [-0.39, 0.29) is 6.61 Å². The standard InChI is InChI=1S/C9H18O/c1-3-5-7-9(8-10)6-4-2/h7,10H,3-6,8H2,1-2H3. The van der Waals surface area contributed by atoms with Crippen LogP contribution in [0.3, 0.4) is 0 Å². The lowest BCUT2D eigenvalue weighted by Gasteiger charge is -1.99. The van der Waals surface area contributed by atoms with E-state index in [1.807, 2.05) is 0 Å². The van der Waals surface area contributed by atoms with E-state index in [1.165, 1.54) is 12.0 Å². The first-order chi connectivity index (χ1) is 4.85. The quantitative estimate of drug-likeness (QED) is 0.585. The summed E-state index contributed by atoms with van der Waals surface area (Å²) in [6.45, 7) is 4.53. The minimum atomic E-state index is 0.244. The molecule has 0 unspecified atom stereocenters. The van der Waals surface area contributed by atoms with E-state index in [9.17, 15) is 0 Å². The highest BCUT2D eigenvalue weighted by molar-refractivity contribution is 5.01. The Kier molecular flexibility index (Phi) is 6.61. The van der Waals surface area contributed by atoms with E-state index in [1.54, 1.807) is 0 Å². The number of aliphatic hydroxyl groups is 1. The van der Waals surface area contributed by atoms with Crippen LogP contribution in [-0.4, -0.2) is 11.7 Å². The zero-order valence-electron chi connectivity index (χ0n) is 7.06. The van der Waals surface area contributed by atoms with Gasteiger partial charge in [-0.2, -0.15) is 0 Å². The van der Waals surface area contributed by atoms with Crippen molar-refractivity contribution in [2.24, 2.45) is 0 Å². The normalized spacial score (nSPS) is 12.1. The minimum absolute atomic E-state index is 0.244. The summed E-state index contributed by atoms with van der Waals surface area (Å²) < 4.78 is 0. The third-order valence-electron chi connectivity index (χ3n) is 1.50. The number of hydrogen-bond donors (Lipinski definition) is 1. The van der Waals surface area contributed by atoms with Gasteiger partial charge >= 0.3 is 0 Å². The van der Waals surface area contributed by atoms with Crippen molar-refractivity contribution in [2.75, 3.05) is 6.61 Å². The van der Waals surface area contributed by atoms with Crippen LogP contribution in [0, 0.1) is 0 Å². The highest BCUT2D eigenvalue weighted by atomic mass is 16.3. The Balaban J connectivity index is 3.55. The van der Waals surface area contributed by atoms with Crippen molar-refractivity contribution in [2.45, 2.75) is 39.5 Å². The van der Waals surface area contributed by atoms with Crippen LogP contribution >= 0.6 is 0 Å². The van der Waals surface area contributed by atoms with Gasteiger partial charge in [0.1, 0.15) is 0 Å². The number of hydrogen-bond acceptors (Lipinski definition) is 1. The van der Waals surface area contributed by atoms with Crippen LogP contribution in [0.4, 0.5) is 0 Å². The van der Waals surface area contributed by atoms with Crippen LogP contribution in [0.1, 0.15) is 39.5 Å². The highest BCUT2D eigenvalue weighted by Crippen LogP contribution is 2.05. The summed E-state index contributed by atoms with van der Waals surface area (Å²) in [5, 5.41) is 8.82. The summed E-state index contributed by atoms with van der Waals surface area (Å²) in [5.41, 5.74) is 1.20. The highest BCUT2D eigenvalue weighted by Gasteiger charge is 1.90. The van der Waals surface area contributed by atoms with Gasteiger partial charge < -0.3 is 5.11 Å². The molecule has 0 aromatic heterocycles. The molecule has 0 amide bonds. The van der Waals surface area contributed by atoms with Gasteiger partial charge in [-0.25, -0.2) is 0 Å². The van der Waals surface area contributed by atoms with Gasteiger partial charge in [-0.3, -0.25) is 0 Å². The number of rotatable bonds is 5. The van der Waals surface area contributed by atoms with Gasteiger partial charge in [0.15, 0.2) is 0 Å². The van der Waals surface area contributed by atoms with E-state index < -0.39 is 0 Å². The maximum atomic E-state index is 8.82. The van der Waals surface area contributed by atoms with Gasteiger partial charge in [0, 0.05) is 0 Å². The second-order valence-electron chi connectivity index (χ2n) is 2.56. The fourth-order valence-electron chi connectivity index (χ4n) is 0.915. The molecule has 0 rings (SSSR count). The molecule has 0 saturated heterocycles. The lowest BCUT2D eigenvalue weighted by atomic mass is 10.1. The molecule has 0 bridgehead atoms. The summed E-state index contributed by atoms with van der Waals surface area (Å²) in [7, 11) is 0. The lowest BCUT2D eigenvalue weighted by molar-refractivity contribution is 0.325. The average Bonchev–Trinajstić information content (AvgIpc) is 1.98. The van der Waals surface area contributed by atoms with E-state index >= 15 is 0 Å². The van der Waals surface area contributed by atoms with Crippen molar-refractivity contribution < 1.29 is 5.11 Å². The van der Waals surface area contributed by atoms with Gasteiger partial charge in [-0.05, 0) is 18.4 Å². The second kappa shape index (κ2) is 6.81. The minimum Gasteiger partial charge on any atom is -0.392 e. The van der Waals surface area contributed by atoms with Crippen molar-refractivity contribution >= 4 is 0 Å². The Labute approximate surface area is 63.8 Å². The molecule has 0 radical (unpaired) electrons. The molecule has 0 aromatic rings. The Bertz CT molecular complexity index is 94.9. The van der Waals surface area contributed by atoms with Crippen molar-refractivity contribution in [1.29, 1.82) is 0 Å². The molecular formula is C9H18O. The van der Waals surface area contributed by atoms with Gasteiger partial charge in [0.25, 0.3) is 0 Å². The zero-order chi connectivity index (χ0) is 7.82. The molecule has 1 N–H and O–H groups in total. The SMILES string of the molecule is CCCC=C(CO)CCC. The zero-order valence-corrected chi connectivity index (χ0v) is 7.06. The molecule has 10 heavy (non-hydrogen) atoms. The molecular weight excluding hydrogens is 124 g/mol. The molecule has 1 heteroatoms. The molecule has 60 valence electrons. The van der Waals surface area contributed by atoms with Gasteiger partial charge in [0.2, 0.25) is 0 Å². The predicted octanol–water partition coefficient (Wildman–Crippen LogP) is 2.51. The molecule has 1 nitrogen and oxygen atoms in total. The number of allylic oxidation sites excluding steroid dienone is 1. The number of aliphatic hydroxyl groups excluding tert-OH is 1. The first kappa shape index (κ1) is 9.70. The van der Waals surface area contributed by atoms with Crippen LogP contribution in [0.5, 0.6) is 0 Å². The Hall–Kier alpha value is -0.300. The third kappa shape index (κ3) is 4.57. The molecule has 0 saturated carbocycles. The van der Waals surface area contributed by atoms with Gasteiger partial charge in [-0.15, -0.1) is 0 Å². The second-order valence-corrected chi connectivity index (χ2v) is 2.56. The van der Waals surface area contributed by atoms with Crippen molar-refractivity contribution in [1.82, 2.24) is 0 Å². The van der Waals surface area contributed by atoms with Gasteiger partial charge in [0.05, 0.1) is 6.61 Å². The van der Waals surface area contributed by atoms with Crippen LogP contribution in [0.2, 0.25) is 0 Å². The summed E-state index contributed by atoms with van der Waals surface area (Å²) in [4.78, 5) is 0. The monoisotopic (exact) mass is 142 g/mol. The molecule has 0 heterocycles.